The van der Waals surface area contributed by atoms with Gasteiger partial charge >= 0.3 is 6.18 Å². The van der Waals surface area contributed by atoms with E-state index < -0.39 is 17.6 Å². The van der Waals surface area contributed by atoms with E-state index in [1.807, 2.05) is 23.8 Å². The zero-order valence-electron chi connectivity index (χ0n) is 10.7. The molecule has 0 fully saturated rings. The molecule has 1 aromatic carbocycles. The minimum atomic E-state index is -4.67. The van der Waals surface area contributed by atoms with Crippen LogP contribution in [0.25, 0.3) is 0 Å². The SMILES string of the molecule is CC(NCc1ccc(F)c(C(F)(F)F)c1)c1ccsc1. The molecule has 1 nitrogen and oxygen atoms in total. The van der Waals surface area contributed by atoms with Crippen molar-refractivity contribution < 1.29 is 17.6 Å². The summed E-state index contributed by atoms with van der Waals surface area (Å²) in [5, 5.41) is 7.03. The van der Waals surface area contributed by atoms with Crippen LogP contribution in [0.1, 0.15) is 29.7 Å². The van der Waals surface area contributed by atoms with Gasteiger partial charge in [-0.3, -0.25) is 0 Å². The summed E-state index contributed by atoms with van der Waals surface area (Å²) < 4.78 is 50.9. The predicted molar refractivity (Wildman–Crippen MR) is 71.0 cm³/mol. The van der Waals surface area contributed by atoms with E-state index >= 15 is 0 Å². The fourth-order valence-corrected chi connectivity index (χ4v) is 2.56. The second kappa shape index (κ2) is 5.93. The predicted octanol–water partition coefficient (Wildman–Crippen LogP) is 4.76. The number of halogens is 4. The van der Waals surface area contributed by atoms with Crippen molar-refractivity contribution >= 4 is 11.3 Å². The summed E-state index contributed by atoms with van der Waals surface area (Å²) in [5.74, 6) is -1.24. The highest BCUT2D eigenvalue weighted by molar-refractivity contribution is 7.07. The van der Waals surface area contributed by atoms with Crippen molar-refractivity contribution in [3.8, 4) is 0 Å². The molecule has 0 aliphatic rings. The average Bonchev–Trinajstić information content (AvgIpc) is 2.90. The van der Waals surface area contributed by atoms with Gasteiger partial charge in [0.2, 0.25) is 0 Å². The Hall–Kier alpha value is -1.40. The fraction of sp³-hybridized carbons (Fsp3) is 0.286. The van der Waals surface area contributed by atoms with E-state index in [0.29, 0.717) is 5.56 Å². The maximum atomic E-state index is 13.1. The highest BCUT2D eigenvalue weighted by Crippen LogP contribution is 2.32. The number of rotatable bonds is 4. The molecular formula is C14H13F4NS. The Labute approximate surface area is 118 Å². The summed E-state index contributed by atoms with van der Waals surface area (Å²) in [6.45, 7) is 2.18. The summed E-state index contributed by atoms with van der Waals surface area (Å²) in [6, 6.07) is 5.05. The summed E-state index contributed by atoms with van der Waals surface area (Å²) in [7, 11) is 0. The van der Waals surface area contributed by atoms with Crippen molar-refractivity contribution in [2.24, 2.45) is 0 Å². The van der Waals surface area contributed by atoms with Gasteiger partial charge in [-0.15, -0.1) is 0 Å². The molecule has 0 saturated heterocycles. The molecular weight excluding hydrogens is 290 g/mol. The van der Waals surface area contributed by atoms with Crippen LogP contribution in [0.15, 0.2) is 35.0 Å². The topological polar surface area (TPSA) is 12.0 Å². The van der Waals surface area contributed by atoms with Crippen LogP contribution in [0.2, 0.25) is 0 Å². The first-order valence-electron chi connectivity index (χ1n) is 5.99. The summed E-state index contributed by atoms with van der Waals surface area (Å²) in [4.78, 5) is 0. The van der Waals surface area contributed by atoms with Crippen molar-refractivity contribution in [2.75, 3.05) is 0 Å². The Balaban J connectivity index is 2.07. The minimum Gasteiger partial charge on any atom is -0.306 e. The van der Waals surface area contributed by atoms with Gasteiger partial charge in [0.15, 0.2) is 0 Å². The van der Waals surface area contributed by atoms with Gasteiger partial charge in [0.05, 0.1) is 5.56 Å². The maximum Gasteiger partial charge on any atom is 0.419 e. The van der Waals surface area contributed by atoms with Crippen molar-refractivity contribution in [1.82, 2.24) is 5.32 Å². The molecule has 0 aliphatic carbocycles. The first-order valence-corrected chi connectivity index (χ1v) is 6.93. The Bertz CT molecular complexity index is 563. The molecule has 6 heteroatoms. The average molecular weight is 303 g/mol. The molecule has 0 aliphatic heterocycles. The largest absolute Gasteiger partial charge is 0.419 e. The number of benzene rings is 1. The Morgan fingerprint density at radius 1 is 1.25 bits per heavy atom. The van der Waals surface area contributed by atoms with Gasteiger partial charge < -0.3 is 5.32 Å². The van der Waals surface area contributed by atoms with Gasteiger partial charge in [-0.2, -0.15) is 24.5 Å². The molecule has 20 heavy (non-hydrogen) atoms. The molecule has 1 aromatic heterocycles. The van der Waals surface area contributed by atoms with Crippen LogP contribution >= 0.6 is 11.3 Å². The number of alkyl halides is 3. The molecule has 0 radical (unpaired) electrons. The smallest absolute Gasteiger partial charge is 0.306 e. The minimum absolute atomic E-state index is 0.0284. The molecule has 1 N–H and O–H groups in total. The van der Waals surface area contributed by atoms with Gasteiger partial charge in [-0.25, -0.2) is 4.39 Å². The highest BCUT2D eigenvalue weighted by atomic mass is 32.1. The van der Waals surface area contributed by atoms with Gasteiger partial charge in [0.1, 0.15) is 5.82 Å². The quantitative estimate of drug-likeness (QED) is 0.803. The van der Waals surface area contributed by atoms with Crippen LogP contribution in [0.5, 0.6) is 0 Å². The van der Waals surface area contributed by atoms with Gasteiger partial charge in [0, 0.05) is 12.6 Å². The Morgan fingerprint density at radius 2 is 2.00 bits per heavy atom. The lowest BCUT2D eigenvalue weighted by atomic mass is 10.1. The monoisotopic (exact) mass is 303 g/mol. The number of nitrogens with one attached hydrogen (secondary N) is 1. The second-order valence-electron chi connectivity index (χ2n) is 4.47. The van der Waals surface area contributed by atoms with E-state index in [-0.39, 0.29) is 12.6 Å². The van der Waals surface area contributed by atoms with Crippen LogP contribution in [-0.4, -0.2) is 0 Å². The summed E-state index contributed by atoms with van der Waals surface area (Å²) in [6.07, 6.45) is -4.67. The Kier molecular flexibility index (Phi) is 4.45. The number of thiophene rings is 1. The van der Waals surface area contributed by atoms with Gasteiger partial charge in [-0.05, 0) is 47.0 Å². The summed E-state index contributed by atoms with van der Waals surface area (Å²) >= 11 is 1.56. The molecule has 1 atom stereocenters. The lowest BCUT2D eigenvalue weighted by molar-refractivity contribution is -0.140. The van der Waals surface area contributed by atoms with E-state index in [9.17, 15) is 17.6 Å². The van der Waals surface area contributed by atoms with E-state index in [0.717, 1.165) is 17.7 Å². The standard InChI is InChI=1S/C14H13F4NS/c1-9(11-4-5-20-8-11)19-7-10-2-3-13(15)12(6-10)14(16,17)18/h2-6,8-9,19H,7H2,1H3. The molecule has 2 rings (SSSR count). The zero-order chi connectivity index (χ0) is 14.8. The van der Waals surface area contributed by atoms with E-state index in [1.54, 1.807) is 11.3 Å². The number of hydrogen-bond acceptors (Lipinski definition) is 2. The van der Waals surface area contributed by atoms with Crippen molar-refractivity contribution in [3.63, 3.8) is 0 Å². The molecule has 0 saturated carbocycles. The maximum absolute atomic E-state index is 13.1. The normalized spacial score (nSPS) is 13.4. The molecule has 0 spiro atoms. The van der Waals surface area contributed by atoms with E-state index in [1.165, 1.54) is 6.07 Å². The molecule has 0 bridgehead atoms. The number of hydrogen-bond donors (Lipinski definition) is 1. The Morgan fingerprint density at radius 3 is 2.60 bits per heavy atom. The van der Waals surface area contributed by atoms with Crippen molar-refractivity contribution in [1.29, 1.82) is 0 Å². The van der Waals surface area contributed by atoms with Crippen LogP contribution in [-0.2, 0) is 12.7 Å². The third kappa shape index (κ3) is 3.58. The van der Waals surface area contributed by atoms with Crippen LogP contribution in [0.4, 0.5) is 17.6 Å². The van der Waals surface area contributed by atoms with Crippen molar-refractivity contribution in [3.05, 3.63) is 57.5 Å². The third-order valence-corrected chi connectivity index (χ3v) is 3.69. The van der Waals surface area contributed by atoms with Crippen LogP contribution < -0.4 is 5.32 Å². The van der Waals surface area contributed by atoms with Crippen molar-refractivity contribution in [2.45, 2.75) is 25.7 Å². The van der Waals surface area contributed by atoms with E-state index in [4.69, 9.17) is 0 Å². The van der Waals surface area contributed by atoms with Gasteiger partial charge in [0.25, 0.3) is 0 Å². The molecule has 1 heterocycles. The van der Waals surface area contributed by atoms with Gasteiger partial charge in [-0.1, -0.05) is 6.07 Å². The highest BCUT2D eigenvalue weighted by Gasteiger charge is 2.34. The molecule has 108 valence electrons. The molecule has 2 aromatic rings. The van der Waals surface area contributed by atoms with E-state index in [2.05, 4.69) is 5.32 Å². The van der Waals surface area contributed by atoms with Crippen LogP contribution in [0.3, 0.4) is 0 Å². The lowest BCUT2D eigenvalue weighted by Gasteiger charge is -2.14. The molecule has 1 unspecified atom stereocenters. The first-order chi connectivity index (χ1) is 9.38. The first kappa shape index (κ1) is 15.0. The lowest BCUT2D eigenvalue weighted by Crippen LogP contribution is -2.18. The van der Waals surface area contributed by atoms with Crippen LogP contribution in [0, 0.1) is 5.82 Å². The zero-order valence-corrected chi connectivity index (χ0v) is 11.5. The summed E-state index contributed by atoms with van der Waals surface area (Å²) in [5.41, 5.74) is 0.258. The second-order valence-corrected chi connectivity index (χ2v) is 5.25. The fourth-order valence-electron chi connectivity index (χ4n) is 1.81. The molecule has 0 amide bonds. The third-order valence-electron chi connectivity index (χ3n) is 2.99.